The van der Waals surface area contributed by atoms with Crippen molar-refractivity contribution in [3.8, 4) is 17.0 Å². The number of amides is 1. The maximum atomic E-state index is 12.0. The van der Waals surface area contributed by atoms with Gasteiger partial charge >= 0.3 is 0 Å². The van der Waals surface area contributed by atoms with E-state index in [1.54, 1.807) is 0 Å². The molecular weight excluding hydrogens is 300 g/mol. The Morgan fingerprint density at radius 3 is 2.96 bits per heavy atom. The first kappa shape index (κ1) is 15.2. The lowest BCUT2D eigenvalue weighted by molar-refractivity contribution is -0.127. The van der Waals surface area contributed by atoms with Gasteiger partial charge in [0.1, 0.15) is 11.9 Å². The summed E-state index contributed by atoms with van der Waals surface area (Å²) in [7, 11) is 0. The van der Waals surface area contributed by atoms with Crippen LogP contribution in [-0.4, -0.2) is 23.5 Å². The molecule has 4 rings (SSSR count). The van der Waals surface area contributed by atoms with Crippen LogP contribution in [0.4, 0.5) is 0 Å². The number of benzene rings is 1. The molecule has 1 aliphatic heterocycles. The van der Waals surface area contributed by atoms with Crippen LogP contribution in [0.25, 0.3) is 11.3 Å². The molecule has 124 valence electrons. The van der Waals surface area contributed by atoms with Gasteiger partial charge in [0, 0.05) is 24.1 Å². The van der Waals surface area contributed by atoms with Crippen molar-refractivity contribution in [2.45, 2.75) is 38.7 Å². The van der Waals surface area contributed by atoms with Gasteiger partial charge in [0.05, 0.1) is 12.2 Å². The molecule has 1 aromatic carbocycles. The van der Waals surface area contributed by atoms with Crippen LogP contribution < -0.4 is 10.1 Å². The van der Waals surface area contributed by atoms with E-state index < -0.39 is 0 Å². The van der Waals surface area contributed by atoms with Crippen molar-refractivity contribution in [2.24, 2.45) is 5.92 Å². The highest BCUT2D eigenvalue weighted by atomic mass is 16.5. The van der Waals surface area contributed by atoms with Crippen molar-refractivity contribution < 1.29 is 9.53 Å². The van der Waals surface area contributed by atoms with Crippen LogP contribution in [0.15, 0.2) is 36.5 Å². The summed E-state index contributed by atoms with van der Waals surface area (Å²) in [5.74, 6) is 1.34. The molecule has 1 amide bonds. The number of aryl methyl sites for hydroxylation is 1. The number of hydrogen-bond donors (Lipinski definition) is 1. The Labute approximate surface area is 142 Å². The topological polar surface area (TPSA) is 51.2 Å². The SMILES string of the molecule is Cc1cccnc1-c1ccc2c(c1)CC(CNC(=O)C1CCC1)O2. The van der Waals surface area contributed by atoms with Crippen LogP contribution in [0.1, 0.15) is 30.4 Å². The minimum absolute atomic E-state index is 0.0316. The highest BCUT2D eigenvalue weighted by Gasteiger charge is 2.28. The van der Waals surface area contributed by atoms with Gasteiger partial charge in [-0.15, -0.1) is 0 Å². The molecule has 24 heavy (non-hydrogen) atoms. The van der Waals surface area contributed by atoms with Gasteiger partial charge in [0.15, 0.2) is 0 Å². The maximum absolute atomic E-state index is 12.0. The normalized spacial score (nSPS) is 19.3. The van der Waals surface area contributed by atoms with Crippen LogP contribution in [0.2, 0.25) is 0 Å². The zero-order chi connectivity index (χ0) is 16.5. The van der Waals surface area contributed by atoms with Gasteiger partial charge in [-0.05, 0) is 55.2 Å². The fraction of sp³-hybridized carbons (Fsp3) is 0.400. The largest absolute Gasteiger partial charge is 0.488 e. The number of nitrogens with zero attached hydrogens (tertiary/aromatic N) is 1. The molecule has 2 aromatic rings. The Hall–Kier alpha value is -2.36. The first-order valence-electron chi connectivity index (χ1n) is 8.70. The number of nitrogens with one attached hydrogen (secondary N) is 1. The quantitative estimate of drug-likeness (QED) is 0.940. The van der Waals surface area contributed by atoms with Crippen molar-refractivity contribution in [3.63, 3.8) is 0 Å². The van der Waals surface area contributed by atoms with Crippen LogP contribution in [-0.2, 0) is 11.2 Å². The molecule has 0 radical (unpaired) electrons. The van der Waals surface area contributed by atoms with Gasteiger partial charge in [-0.25, -0.2) is 0 Å². The monoisotopic (exact) mass is 322 g/mol. The zero-order valence-electron chi connectivity index (χ0n) is 13.9. The highest BCUT2D eigenvalue weighted by molar-refractivity contribution is 5.79. The third kappa shape index (κ3) is 2.88. The minimum atomic E-state index is 0.0316. The standard InChI is InChI=1S/C20H22N2O2/c1-13-4-3-9-21-19(13)15-7-8-18-16(10-15)11-17(24-18)12-22-20(23)14-5-2-6-14/h3-4,7-10,14,17H,2,5-6,11-12H2,1H3,(H,22,23). The van der Waals surface area contributed by atoms with E-state index >= 15 is 0 Å². The van der Waals surface area contributed by atoms with E-state index in [9.17, 15) is 4.79 Å². The zero-order valence-corrected chi connectivity index (χ0v) is 13.9. The van der Waals surface area contributed by atoms with Gasteiger partial charge in [-0.2, -0.15) is 0 Å². The Morgan fingerprint density at radius 1 is 1.33 bits per heavy atom. The summed E-state index contributed by atoms with van der Waals surface area (Å²) in [6.07, 6.45) is 5.93. The average Bonchev–Trinajstić information content (AvgIpc) is 2.93. The number of fused-ring (bicyclic) bond motifs is 1. The van der Waals surface area contributed by atoms with E-state index in [2.05, 4.69) is 35.4 Å². The van der Waals surface area contributed by atoms with Gasteiger partial charge in [-0.3, -0.25) is 9.78 Å². The molecule has 1 aromatic heterocycles. The molecule has 1 saturated carbocycles. The lowest BCUT2D eigenvalue weighted by Crippen LogP contribution is -2.40. The molecule has 2 aliphatic rings. The van der Waals surface area contributed by atoms with Crippen LogP contribution in [0.3, 0.4) is 0 Å². The molecule has 4 nitrogen and oxygen atoms in total. The molecule has 0 bridgehead atoms. The van der Waals surface area contributed by atoms with Crippen molar-refractivity contribution in [1.82, 2.24) is 10.3 Å². The van der Waals surface area contributed by atoms with Crippen LogP contribution >= 0.6 is 0 Å². The predicted octanol–water partition coefficient (Wildman–Crippen LogP) is 3.28. The molecule has 4 heteroatoms. The van der Waals surface area contributed by atoms with Crippen molar-refractivity contribution >= 4 is 5.91 Å². The second-order valence-corrected chi connectivity index (χ2v) is 6.81. The van der Waals surface area contributed by atoms with Gasteiger partial charge in [0.2, 0.25) is 5.91 Å². The van der Waals surface area contributed by atoms with E-state index in [-0.39, 0.29) is 17.9 Å². The van der Waals surface area contributed by atoms with Crippen molar-refractivity contribution in [1.29, 1.82) is 0 Å². The second-order valence-electron chi connectivity index (χ2n) is 6.81. The van der Waals surface area contributed by atoms with Crippen LogP contribution in [0, 0.1) is 12.8 Å². The number of aromatic nitrogens is 1. The third-order valence-electron chi connectivity index (χ3n) is 5.06. The molecule has 1 fully saturated rings. The second kappa shape index (κ2) is 6.27. The van der Waals surface area contributed by atoms with E-state index in [1.807, 2.05) is 18.3 Å². The van der Waals surface area contributed by atoms with E-state index in [1.165, 1.54) is 17.5 Å². The third-order valence-corrected chi connectivity index (χ3v) is 5.06. The Kier molecular flexibility index (Phi) is 3.97. The van der Waals surface area contributed by atoms with E-state index in [0.29, 0.717) is 6.54 Å². The molecule has 0 spiro atoms. The summed E-state index contributed by atoms with van der Waals surface area (Å²) < 4.78 is 5.97. The predicted molar refractivity (Wildman–Crippen MR) is 92.9 cm³/mol. The Bertz CT molecular complexity index is 768. The maximum Gasteiger partial charge on any atom is 0.223 e. The molecule has 1 N–H and O–H groups in total. The minimum Gasteiger partial charge on any atom is -0.488 e. The van der Waals surface area contributed by atoms with Gasteiger partial charge in [-0.1, -0.05) is 12.5 Å². The highest BCUT2D eigenvalue weighted by Crippen LogP contribution is 2.33. The fourth-order valence-corrected chi connectivity index (χ4v) is 3.40. The lowest BCUT2D eigenvalue weighted by Gasteiger charge is -2.24. The summed E-state index contributed by atoms with van der Waals surface area (Å²) in [6.45, 7) is 2.66. The molecule has 0 saturated heterocycles. The number of ether oxygens (including phenoxy) is 1. The fourth-order valence-electron chi connectivity index (χ4n) is 3.40. The first-order valence-corrected chi connectivity index (χ1v) is 8.70. The first-order chi connectivity index (χ1) is 11.7. The van der Waals surface area contributed by atoms with Crippen molar-refractivity contribution in [2.75, 3.05) is 6.54 Å². The average molecular weight is 322 g/mol. The summed E-state index contributed by atoms with van der Waals surface area (Å²) in [4.78, 5) is 16.4. The Morgan fingerprint density at radius 2 is 2.21 bits per heavy atom. The molecule has 1 aliphatic carbocycles. The number of pyridine rings is 1. The van der Waals surface area contributed by atoms with Gasteiger partial charge < -0.3 is 10.1 Å². The number of hydrogen-bond acceptors (Lipinski definition) is 3. The molecule has 1 unspecified atom stereocenters. The molecule has 1 atom stereocenters. The molecular formula is C20H22N2O2. The number of carbonyl (C=O) groups excluding carboxylic acids is 1. The van der Waals surface area contributed by atoms with Crippen molar-refractivity contribution in [3.05, 3.63) is 47.7 Å². The number of carbonyl (C=O) groups is 1. The molecule has 2 heterocycles. The number of rotatable bonds is 4. The summed E-state index contributed by atoms with van der Waals surface area (Å²) >= 11 is 0. The summed E-state index contributed by atoms with van der Waals surface area (Å²) in [5.41, 5.74) is 4.50. The van der Waals surface area contributed by atoms with Crippen LogP contribution in [0.5, 0.6) is 5.75 Å². The summed E-state index contributed by atoms with van der Waals surface area (Å²) in [6, 6.07) is 10.3. The smallest absolute Gasteiger partial charge is 0.223 e. The lowest BCUT2D eigenvalue weighted by atomic mass is 9.85. The van der Waals surface area contributed by atoms with Gasteiger partial charge in [0.25, 0.3) is 0 Å². The van der Waals surface area contributed by atoms with E-state index in [4.69, 9.17) is 4.74 Å². The summed E-state index contributed by atoms with van der Waals surface area (Å²) in [5, 5.41) is 3.04. The van der Waals surface area contributed by atoms with E-state index in [0.717, 1.165) is 36.3 Å². The Balaban J connectivity index is 1.43.